The second-order valence-corrected chi connectivity index (χ2v) is 5.72. The van der Waals surface area contributed by atoms with Crippen LogP contribution in [0.3, 0.4) is 0 Å². The van der Waals surface area contributed by atoms with Crippen LogP contribution in [0.15, 0.2) is 66.7 Å². The summed E-state index contributed by atoms with van der Waals surface area (Å²) in [5, 5.41) is 9.63. The summed E-state index contributed by atoms with van der Waals surface area (Å²) in [6.45, 7) is 2.78. The maximum atomic E-state index is 5.37. The van der Waals surface area contributed by atoms with Crippen LogP contribution in [-0.4, -0.2) is 5.11 Å². The Bertz CT molecular complexity index is 789. The van der Waals surface area contributed by atoms with Crippen molar-refractivity contribution >= 4 is 33.8 Å². The molecule has 2 nitrogen and oxygen atoms in total. The third-order valence-corrected chi connectivity index (χ3v) is 3.88. The van der Waals surface area contributed by atoms with Crippen molar-refractivity contribution in [3.8, 4) is 0 Å². The number of aryl methyl sites for hydroxylation is 1. The second kappa shape index (κ2) is 6.58. The van der Waals surface area contributed by atoms with Crippen LogP contribution in [0.25, 0.3) is 10.8 Å². The normalized spacial score (nSPS) is 10.4. The number of nitrogens with one attached hydrogen (secondary N) is 2. The molecule has 0 aliphatic carbocycles. The molecule has 110 valence electrons. The van der Waals surface area contributed by atoms with Gasteiger partial charge in [-0.05, 0) is 47.6 Å². The van der Waals surface area contributed by atoms with Gasteiger partial charge in [0.1, 0.15) is 0 Å². The lowest BCUT2D eigenvalue weighted by Crippen LogP contribution is -2.27. The average Bonchev–Trinajstić information content (AvgIpc) is 2.55. The molecular formula is C19H18N2S. The molecule has 0 unspecified atom stereocenters. The summed E-state index contributed by atoms with van der Waals surface area (Å²) >= 11 is 5.37. The number of fused-ring (bicyclic) bond motifs is 1. The van der Waals surface area contributed by atoms with Crippen molar-refractivity contribution in [1.82, 2.24) is 5.32 Å². The van der Waals surface area contributed by atoms with E-state index in [0.717, 1.165) is 5.69 Å². The van der Waals surface area contributed by atoms with E-state index in [4.69, 9.17) is 12.2 Å². The number of rotatable bonds is 3. The average molecular weight is 306 g/mol. The molecule has 0 fully saturated rings. The molecule has 0 radical (unpaired) electrons. The topological polar surface area (TPSA) is 24.1 Å². The van der Waals surface area contributed by atoms with E-state index in [1.165, 1.54) is 21.9 Å². The van der Waals surface area contributed by atoms with Crippen molar-refractivity contribution in [3.05, 3.63) is 77.9 Å². The summed E-state index contributed by atoms with van der Waals surface area (Å²) in [5.41, 5.74) is 3.48. The predicted octanol–water partition coefficient (Wildman–Crippen LogP) is 4.63. The Kier molecular flexibility index (Phi) is 4.35. The summed E-state index contributed by atoms with van der Waals surface area (Å²) in [6.07, 6.45) is 0. The van der Waals surface area contributed by atoms with Gasteiger partial charge in [0, 0.05) is 12.2 Å². The molecule has 0 saturated carbocycles. The highest BCUT2D eigenvalue weighted by Gasteiger charge is 2.02. The third-order valence-electron chi connectivity index (χ3n) is 3.63. The molecule has 22 heavy (non-hydrogen) atoms. The molecule has 0 aliphatic heterocycles. The first-order chi connectivity index (χ1) is 10.7. The van der Waals surface area contributed by atoms with Gasteiger partial charge in [0.25, 0.3) is 0 Å². The van der Waals surface area contributed by atoms with Crippen molar-refractivity contribution < 1.29 is 0 Å². The Hall–Kier alpha value is -2.39. The van der Waals surface area contributed by atoms with E-state index in [2.05, 4.69) is 72.2 Å². The summed E-state index contributed by atoms with van der Waals surface area (Å²) in [6, 6.07) is 22.9. The number of thiocarbonyl (C=S) groups is 1. The lowest BCUT2D eigenvalue weighted by molar-refractivity contribution is 0.934. The molecule has 0 aliphatic rings. The van der Waals surface area contributed by atoms with E-state index in [0.29, 0.717) is 11.7 Å². The minimum atomic E-state index is 0.636. The fraction of sp³-hybridized carbons (Fsp3) is 0.105. The Morgan fingerprint density at radius 2 is 1.64 bits per heavy atom. The van der Waals surface area contributed by atoms with Gasteiger partial charge in [-0.2, -0.15) is 0 Å². The highest BCUT2D eigenvalue weighted by atomic mass is 32.1. The zero-order valence-corrected chi connectivity index (χ0v) is 13.3. The largest absolute Gasteiger partial charge is 0.358 e. The first-order valence-corrected chi connectivity index (χ1v) is 7.71. The third kappa shape index (κ3) is 3.43. The summed E-state index contributed by atoms with van der Waals surface area (Å²) in [4.78, 5) is 0. The van der Waals surface area contributed by atoms with Crippen LogP contribution >= 0.6 is 12.2 Å². The van der Waals surface area contributed by atoms with Gasteiger partial charge in [-0.25, -0.2) is 0 Å². The molecule has 0 heterocycles. The van der Waals surface area contributed by atoms with E-state index in [-0.39, 0.29) is 0 Å². The fourth-order valence-electron chi connectivity index (χ4n) is 2.43. The van der Waals surface area contributed by atoms with E-state index in [1.807, 2.05) is 12.1 Å². The molecule has 0 atom stereocenters. The maximum absolute atomic E-state index is 5.37. The molecular weight excluding hydrogens is 288 g/mol. The van der Waals surface area contributed by atoms with E-state index >= 15 is 0 Å². The predicted molar refractivity (Wildman–Crippen MR) is 98.2 cm³/mol. The minimum Gasteiger partial charge on any atom is -0.358 e. The fourth-order valence-corrected chi connectivity index (χ4v) is 2.62. The van der Waals surface area contributed by atoms with Crippen molar-refractivity contribution in [2.75, 3.05) is 5.32 Å². The molecule has 0 saturated heterocycles. The van der Waals surface area contributed by atoms with Crippen molar-refractivity contribution in [2.45, 2.75) is 13.5 Å². The van der Waals surface area contributed by atoms with Crippen LogP contribution in [0, 0.1) is 6.92 Å². The maximum Gasteiger partial charge on any atom is 0.171 e. The van der Waals surface area contributed by atoms with Crippen molar-refractivity contribution in [3.63, 3.8) is 0 Å². The Morgan fingerprint density at radius 1 is 0.909 bits per heavy atom. The SMILES string of the molecule is Cc1ccc(NC(=S)NCc2cccc3ccccc23)cc1. The number of anilines is 1. The molecule has 3 aromatic carbocycles. The zero-order chi connectivity index (χ0) is 15.4. The molecule has 0 aromatic heterocycles. The lowest BCUT2D eigenvalue weighted by Gasteiger charge is -2.12. The first-order valence-electron chi connectivity index (χ1n) is 7.30. The number of hydrogen-bond acceptors (Lipinski definition) is 1. The van der Waals surface area contributed by atoms with Crippen LogP contribution < -0.4 is 10.6 Å². The zero-order valence-electron chi connectivity index (χ0n) is 12.5. The quantitative estimate of drug-likeness (QED) is 0.690. The molecule has 0 bridgehead atoms. The van der Waals surface area contributed by atoms with Crippen LogP contribution in [0.2, 0.25) is 0 Å². The Morgan fingerprint density at radius 3 is 2.45 bits per heavy atom. The van der Waals surface area contributed by atoms with Crippen LogP contribution in [0.4, 0.5) is 5.69 Å². The standard InChI is InChI=1S/C19H18N2S/c1-14-9-11-17(12-10-14)21-19(22)20-13-16-7-4-6-15-5-2-3-8-18(15)16/h2-12H,13H2,1H3,(H2,20,21,22). The van der Waals surface area contributed by atoms with Crippen LogP contribution in [0.5, 0.6) is 0 Å². The second-order valence-electron chi connectivity index (χ2n) is 5.31. The monoisotopic (exact) mass is 306 g/mol. The Balaban J connectivity index is 1.66. The van der Waals surface area contributed by atoms with Gasteiger partial charge in [-0.1, -0.05) is 60.2 Å². The van der Waals surface area contributed by atoms with Crippen molar-refractivity contribution in [1.29, 1.82) is 0 Å². The smallest absolute Gasteiger partial charge is 0.171 e. The first kappa shape index (κ1) is 14.5. The Labute approximate surface area is 136 Å². The van der Waals surface area contributed by atoms with Gasteiger partial charge in [0.15, 0.2) is 5.11 Å². The summed E-state index contributed by atoms with van der Waals surface area (Å²) in [7, 11) is 0. The number of hydrogen-bond donors (Lipinski definition) is 2. The van der Waals surface area contributed by atoms with Gasteiger partial charge in [0.2, 0.25) is 0 Å². The molecule has 2 N–H and O–H groups in total. The minimum absolute atomic E-state index is 0.636. The lowest BCUT2D eigenvalue weighted by atomic mass is 10.0. The molecule has 0 amide bonds. The highest BCUT2D eigenvalue weighted by Crippen LogP contribution is 2.18. The van der Waals surface area contributed by atoms with Gasteiger partial charge >= 0.3 is 0 Å². The van der Waals surface area contributed by atoms with Crippen LogP contribution in [-0.2, 0) is 6.54 Å². The van der Waals surface area contributed by atoms with Crippen molar-refractivity contribution in [2.24, 2.45) is 0 Å². The number of benzene rings is 3. The molecule has 0 spiro atoms. The molecule has 3 rings (SSSR count). The van der Waals surface area contributed by atoms with Gasteiger partial charge in [0.05, 0.1) is 0 Å². The van der Waals surface area contributed by atoms with Crippen LogP contribution in [0.1, 0.15) is 11.1 Å². The van der Waals surface area contributed by atoms with E-state index in [1.54, 1.807) is 0 Å². The molecule has 3 heteroatoms. The van der Waals surface area contributed by atoms with Gasteiger partial charge in [-0.3, -0.25) is 0 Å². The summed E-state index contributed by atoms with van der Waals surface area (Å²) < 4.78 is 0. The van der Waals surface area contributed by atoms with E-state index in [9.17, 15) is 0 Å². The van der Waals surface area contributed by atoms with Gasteiger partial charge < -0.3 is 10.6 Å². The van der Waals surface area contributed by atoms with E-state index < -0.39 is 0 Å². The highest BCUT2D eigenvalue weighted by molar-refractivity contribution is 7.80. The van der Waals surface area contributed by atoms with Gasteiger partial charge in [-0.15, -0.1) is 0 Å². The summed E-state index contributed by atoms with van der Waals surface area (Å²) in [5.74, 6) is 0. The molecule has 3 aromatic rings.